The predicted octanol–water partition coefficient (Wildman–Crippen LogP) is 2.78. The van der Waals surface area contributed by atoms with Crippen molar-refractivity contribution in [2.75, 3.05) is 38.3 Å². The molecule has 4 heterocycles. The van der Waals surface area contributed by atoms with Crippen LogP contribution in [0.5, 0.6) is 5.95 Å². The molecule has 0 aromatic carbocycles. The molecule has 8 heteroatoms. The third-order valence-corrected chi connectivity index (χ3v) is 4.04. The first-order valence-corrected chi connectivity index (χ1v) is 7.92. The molecule has 1 aliphatic heterocycles. The molecule has 1 fully saturated rings. The second kappa shape index (κ2) is 6.26. The Balaban J connectivity index is 1.79. The summed E-state index contributed by atoms with van der Waals surface area (Å²) in [5, 5.41) is 0.194. The van der Waals surface area contributed by atoms with E-state index in [1.165, 1.54) is 0 Å². The van der Waals surface area contributed by atoms with Crippen LogP contribution in [0.15, 0.2) is 28.8 Å². The minimum atomic E-state index is 0.194. The maximum absolute atomic E-state index is 6.12. The first-order chi connectivity index (χ1) is 11.7. The average molecular weight is 347 g/mol. The molecule has 124 valence electrons. The second-order valence-corrected chi connectivity index (χ2v) is 5.67. The number of rotatable bonds is 3. The Bertz CT molecular complexity index is 877. The Morgan fingerprint density at radius 3 is 2.79 bits per heavy atom. The predicted molar refractivity (Wildman–Crippen MR) is 89.6 cm³/mol. The molecule has 7 nitrogen and oxygen atoms in total. The molecule has 0 spiro atoms. The van der Waals surface area contributed by atoms with Crippen molar-refractivity contribution in [2.45, 2.75) is 0 Å². The molecule has 0 N–H and O–H groups in total. The van der Waals surface area contributed by atoms with Crippen LogP contribution in [0.4, 0.5) is 5.82 Å². The monoisotopic (exact) mass is 346 g/mol. The van der Waals surface area contributed by atoms with Gasteiger partial charge in [0.1, 0.15) is 11.3 Å². The van der Waals surface area contributed by atoms with E-state index >= 15 is 0 Å². The highest BCUT2D eigenvalue weighted by Gasteiger charge is 2.19. The Morgan fingerprint density at radius 1 is 1.21 bits per heavy atom. The highest BCUT2D eigenvalue weighted by Crippen LogP contribution is 2.30. The molecule has 3 aromatic rings. The van der Waals surface area contributed by atoms with Crippen LogP contribution in [-0.4, -0.2) is 48.4 Å². The number of hydrogen-bond donors (Lipinski definition) is 0. The molecule has 0 aliphatic carbocycles. The number of pyridine rings is 1. The van der Waals surface area contributed by atoms with Crippen LogP contribution in [0.25, 0.3) is 22.4 Å². The maximum Gasteiger partial charge on any atom is 0.284 e. The van der Waals surface area contributed by atoms with Gasteiger partial charge >= 0.3 is 0 Å². The number of methoxy groups -OCH3 is 1. The van der Waals surface area contributed by atoms with Gasteiger partial charge in [0.15, 0.2) is 5.82 Å². The molecule has 24 heavy (non-hydrogen) atoms. The molecule has 3 aromatic heterocycles. The largest absolute Gasteiger partial charge is 0.468 e. The molecule has 1 aliphatic rings. The normalized spacial score (nSPS) is 15.0. The Kier molecular flexibility index (Phi) is 3.95. The van der Waals surface area contributed by atoms with E-state index in [1.807, 2.05) is 12.1 Å². The third kappa shape index (κ3) is 2.76. The molecule has 0 radical (unpaired) electrons. The van der Waals surface area contributed by atoms with Crippen LogP contribution in [0.1, 0.15) is 0 Å². The van der Waals surface area contributed by atoms with Gasteiger partial charge in [-0.05, 0) is 23.7 Å². The van der Waals surface area contributed by atoms with E-state index in [2.05, 4.69) is 19.9 Å². The minimum Gasteiger partial charge on any atom is -0.468 e. The molecule has 1 saturated heterocycles. The van der Waals surface area contributed by atoms with Crippen molar-refractivity contribution in [1.29, 1.82) is 0 Å². The van der Waals surface area contributed by atoms with Crippen molar-refractivity contribution >= 4 is 28.5 Å². The van der Waals surface area contributed by atoms with E-state index in [1.54, 1.807) is 19.4 Å². The van der Waals surface area contributed by atoms with Crippen LogP contribution in [0.2, 0.25) is 5.28 Å². The van der Waals surface area contributed by atoms with Crippen molar-refractivity contribution in [2.24, 2.45) is 0 Å². The van der Waals surface area contributed by atoms with Crippen LogP contribution < -0.4 is 9.64 Å². The van der Waals surface area contributed by atoms with Crippen molar-refractivity contribution in [3.63, 3.8) is 0 Å². The SMILES string of the molecule is COc1ccc(-c2cnc3c(N4CCOCC4)nc(Cl)nc3c2)o1. The van der Waals surface area contributed by atoms with Crippen molar-refractivity contribution in [1.82, 2.24) is 15.0 Å². The summed E-state index contributed by atoms with van der Waals surface area (Å²) in [6.45, 7) is 2.82. The van der Waals surface area contributed by atoms with E-state index in [0.29, 0.717) is 36.0 Å². The zero-order valence-corrected chi connectivity index (χ0v) is 13.8. The Hall–Kier alpha value is -2.38. The summed E-state index contributed by atoms with van der Waals surface area (Å²) in [5.41, 5.74) is 2.18. The summed E-state index contributed by atoms with van der Waals surface area (Å²) in [5.74, 6) is 1.83. The fourth-order valence-electron chi connectivity index (χ4n) is 2.69. The van der Waals surface area contributed by atoms with Gasteiger partial charge in [0.2, 0.25) is 5.28 Å². The van der Waals surface area contributed by atoms with Crippen LogP contribution in [0.3, 0.4) is 0 Å². The van der Waals surface area contributed by atoms with Gasteiger partial charge in [0.05, 0.1) is 25.8 Å². The number of anilines is 1. The van der Waals surface area contributed by atoms with Crippen LogP contribution >= 0.6 is 11.6 Å². The summed E-state index contributed by atoms with van der Waals surface area (Å²) in [6.07, 6.45) is 1.74. The van der Waals surface area contributed by atoms with E-state index in [-0.39, 0.29) is 5.28 Å². The third-order valence-electron chi connectivity index (χ3n) is 3.87. The second-order valence-electron chi connectivity index (χ2n) is 5.33. The number of halogens is 1. The van der Waals surface area contributed by atoms with E-state index in [0.717, 1.165) is 24.5 Å². The molecule has 0 amide bonds. The first kappa shape index (κ1) is 15.2. The van der Waals surface area contributed by atoms with Gasteiger partial charge in [-0.1, -0.05) is 0 Å². The number of furan rings is 1. The number of hydrogen-bond acceptors (Lipinski definition) is 7. The van der Waals surface area contributed by atoms with Gasteiger partial charge in [0, 0.05) is 30.9 Å². The van der Waals surface area contributed by atoms with Crippen LogP contribution in [0, 0.1) is 0 Å². The van der Waals surface area contributed by atoms with Gasteiger partial charge in [-0.2, -0.15) is 4.98 Å². The summed E-state index contributed by atoms with van der Waals surface area (Å²) >= 11 is 6.12. The van der Waals surface area contributed by atoms with E-state index < -0.39 is 0 Å². The minimum absolute atomic E-state index is 0.194. The summed E-state index contributed by atoms with van der Waals surface area (Å²) < 4.78 is 16.0. The number of ether oxygens (including phenoxy) is 2. The van der Waals surface area contributed by atoms with Crippen LogP contribution in [-0.2, 0) is 4.74 Å². The van der Waals surface area contributed by atoms with Crippen molar-refractivity contribution < 1.29 is 13.9 Å². The number of morpholine rings is 1. The highest BCUT2D eigenvalue weighted by atomic mass is 35.5. The summed E-state index contributed by atoms with van der Waals surface area (Å²) in [4.78, 5) is 15.3. The van der Waals surface area contributed by atoms with Gasteiger partial charge in [-0.15, -0.1) is 0 Å². The van der Waals surface area contributed by atoms with E-state index in [4.69, 9.17) is 25.5 Å². The Labute approximate surface area is 143 Å². The lowest BCUT2D eigenvalue weighted by Gasteiger charge is -2.28. The van der Waals surface area contributed by atoms with Gasteiger partial charge in [-0.3, -0.25) is 0 Å². The zero-order chi connectivity index (χ0) is 16.5. The fraction of sp³-hybridized carbons (Fsp3) is 0.312. The highest BCUT2D eigenvalue weighted by molar-refractivity contribution is 6.28. The topological polar surface area (TPSA) is 73.5 Å². The lowest BCUT2D eigenvalue weighted by atomic mass is 10.2. The number of nitrogens with zero attached hydrogens (tertiary/aromatic N) is 4. The smallest absolute Gasteiger partial charge is 0.284 e. The Morgan fingerprint density at radius 2 is 2.04 bits per heavy atom. The van der Waals surface area contributed by atoms with Crippen molar-refractivity contribution in [3.8, 4) is 17.3 Å². The maximum atomic E-state index is 6.12. The molecule has 0 atom stereocenters. The molecular formula is C16H15ClN4O3. The molecule has 0 unspecified atom stereocenters. The fourth-order valence-corrected chi connectivity index (χ4v) is 2.86. The zero-order valence-electron chi connectivity index (χ0n) is 13.0. The molecule has 0 bridgehead atoms. The lowest BCUT2D eigenvalue weighted by Crippen LogP contribution is -2.37. The number of fused-ring (bicyclic) bond motifs is 1. The van der Waals surface area contributed by atoms with Gasteiger partial charge < -0.3 is 18.8 Å². The molecule has 4 rings (SSSR count). The quantitative estimate of drug-likeness (QED) is 0.675. The molecular weight excluding hydrogens is 332 g/mol. The average Bonchev–Trinajstić information content (AvgIpc) is 3.10. The van der Waals surface area contributed by atoms with Gasteiger partial charge in [-0.25, -0.2) is 9.97 Å². The summed E-state index contributed by atoms with van der Waals surface area (Å²) in [6, 6.07) is 5.47. The van der Waals surface area contributed by atoms with Gasteiger partial charge in [0.25, 0.3) is 5.95 Å². The van der Waals surface area contributed by atoms with E-state index in [9.17, 15) is 0 Å². The number of aromatic nitrogens is 3. The lowest BCUT2D eigenvalue weighted by molar-refractivity contribution is 0.122. The first-order valence-electron chi connectivity index (χ1n) is 7.55. The standard InChI is InChI=1S/C16H15ClN4O3/c1-22-13-3-2-12(24-13)10-8-11-14(18-9-10)15(20-16(17)19-11)21-4-6-23-7-5-21/h2-3,8-9H,4-7H2,1H3. The molecule has 0 saturated carbocycles. The summed E-state index contributed by atoms with van der Waals surface area (Å²) in [7, 11) is 1.56. The van der Waals surface area contributed by atoms with Crippen molar-refractivity contribution in [3.05, 3.63) is 29.7 Å².